The van der Waals surface area contributed by atoms with Gasteiger partial charge in [-0.1, -0.05) is 11.3 Å². The first-order valence-electron chi connectivity index (χ1n) is 8.94. The van der Waals surface area contributed by atoms with Gasteiger partial charge in [-0.2, -0.15) is 0 Å². The second-order valence-electron chi connectivity index (χ2n) is 6.06. The maximum Gasteiger partial charge on any atom is 0.265 e. The first-order chi connectivity index (χ1) is 13.6. The Bertz CT molecular complexity index is 1250. The summed E-state index contributed by atoms with van der Waals surface area (Å²) < 4.78 is 7.89. The van der Waals surface area contributed by atoms with Gasteiger partial charge in [0.15, 0.2) is 5.13 Å². The SMILES string of the molecule is CCOc1ccc2nc(NC(=O)c3cc4cccnc4n(CC)c3=O)sc2c1. The monoisotopic (exact) mass is 394 g/mol. The molecule has 1 N–H and O–H groups in total. The van der Waals surface area contributed by atoms with Crippen LogP contribution in [0.1, 0.15) is 24.2 Å². The first-order valence-corrected chi connectivity index (χ1v) is 9.75. The van der Waals surface area contributed by atoms with Crippen molar-refractivity contribution in [3.63, 3.8) is 0 Å². The number of fused-ring (bicyclic) bond motifs is 2. The number of carbonyl (C=O) groups is 1. The van der Waals surface area contributed by atoms with Crippen LogP contribution in [-0.2, 0) is 6.54 Å². The van der Waals surface area contributed by atoms with E-state index in [1.807, 2.05) is 38.1 Å². The molecule has 1 amide bonds. The van der Waals surface area contributed by atoms with Gasteiger partial charge in [-0.3, -0.25) is 19.5 Å². The fourth-order valence-electron chi connectivity index (χ4n) is 3.04. The molecule has 0 bridgehead atoms. The highest BCUT2D eigenvalue weighted by molar-refractivity contribution is 7.22. The van der Waals surface area contributed by atoms with Gasteiger partial charge in [-0.15, -0.1) is 0 Å². The van der Waals surface area contributed by atoms with Gasteiger partial charge in [-0.25, -0.2) is 9.97 Å². The zero-order valence-electron chi connectivity index (χ0n) is 15.4. The summed E-state index contributed by atoms with van der Waals surface area (Å²) in [6.07, 6.45) is 1.63. The van der Waals surface area contributed by atoms with Crippen molar-refractivity contribution in [2.24, 2.45) is 0 Å². The topological polar surface area (TPSA) is 86.1 Å². The summed E-state index contributed by atoms with van der Waals surface area (Å²) >= 11 is 1.34. The Hall–Kier alpha value is -3.26. The number of nitrogens with zero attached hydrogens (tertiary/aromatic N) is 3. The van der Waals surface area contributed by atoms with Crippen molar-refractivity contribution >= 4 is 43.6 Å². The zero-order chi connectivity index (χ0) is 19.7. The quantitative estimate of drug-likeness (QED) is 0.558. The maximum absolute atomic E-state index is 12.8. The van der Waals surface area contributed by atoms with E-state index in [9.17, 15) is 9.59 Å². The Morgan fingerprint density at radius 2 is 2.11 bits per heavy atom. The molecule has 28 heavy (non-hydrogen) atoms. The van der Waals surface area contributed by atoms with E-state index in [0.29, 0.717) is 23.9 Å². The number of carbonyl (C=O) groups excluding carboxylic acids is 1. The second kappa shape index (κ2) is 7.40. The van der Waals surface area contributed by atoms with Gasteiger partial charge < -0.3 is 4.74 Å². The first kappa shape index (κ1) is 18.1. The number of aryl methyl sites for hydroxylation is 1. The molecule has 0 aliphatic carbocycles. The van der Waals surface area contributed by atoms with Crippen molar-refractivity contribution in [3.05, 3.63) is 58.5 Å². The van der Waals surface area contributed by atoms with Crippen LogP contribution >= 0.6 is 11.3 Å². The van der Waals surface area contributed by atoms with Gasteiger partial charge in [0, 0.05) is 18.1 Å². The molecule has 7 nitrogen and oxygen atoms in total. The smallest absolute Gasteiger partial charge is 0.265 e. The summed E-state index contributed by atoms with van der Waals surface area (Å²) in [5, 5.41) is 3.92. The van der Waals surface area contributed by atoms with Crippen molar-refractivity contribution in [2.75, 3.05) is 11.9 Å². The van der Waals surface area contributed by atoms with E-state index in [1.165, 1.54) is 15.9 Å². The molecule has 142 valence electrons. The number of pyridine rings is 2. The third-order valence-corrected chi connectivity index (χ3v) is 5.23. The molecule has 0 aliphatic rings. The summed E-state index contributed by atoms with van der Waals surface area (Å²) in [4.78, 5) is 34.2. The van der Waals surface area contributed by atoms with Gasteiger partial charge in [-0.05, 0) is 50.2 Å². The van der Waals surface area contributed by atoms with Crippen LogP contribution in [-0.4, -0.2) is 27.0 Å². The molecular weight excluding hydrogens is 376 g/mol. The second-order valence-corrected chi connectivity index (χ2v) is 7.09. The predicted octanol–water partition coefficient (Wildman–Crippen LogP) is 3.68. The Morgan fingerprint density at radius 3 is 2.89 bits per heavy atom. The van der Waals surface area contributed by atoms with E-state index in [-0.39, 0.29) is 11.1 Å². The predicted molar refractivity (Wildman–Crippen MR) is 110 cm³/mol. The van der Waals surface area contributed by atoms with Crippen LogP contribution in [0.2, 0.25) is 0 Å². The van der Waals surface area contributed by atoms with Crippen LogP contribution in [0.5, 0.6) is 5.75 Å². The highest BCUT2D eigenvalue weighted by Crippen LogP contribution is 2.29. The number of anilines is 1. The number of nitrogens with one attached hydrogen (secondary N) is 1. The fourth-order valence-corrected chi connectivity index (χ4v) is 3.93. The number of thiazole rings is 1. The van der Waals surface area contributed by atoms with E-state index >= 15 is 0 Å². The molecule has 0 saturated carbocycles. The molecule has 0 atom stereocenters. The lowest BCUT2D eigenvalue weighted by atomic mass is 10.2. The standard InChI is InChI=1S/C20H18N4O3S/c1-3-24-17-12(6-5-9-21-17)10-14(19(24)26)18(25)23-20-22-15-8-7-13(27-4-2)11-16(15)28-20/h5-11H,3-4H2,1-2H3,(H,22,23,25). The Labute approximate surface area is 164 Å². The van der Waals surface area contributed by atoms with E-state index in [1.54, 1.807) is 18.3 Å². The number of rotatable bonds is 5. The molecule has 8 heteroatoms. The fraction of sp³-hybridized carbons (Fsp3) is 0.200. The third kappa shape index (κ3) is 3.22. The minimum Gasteiger partial charge on any atom is -0.494 e. The molecule has 4 rings (SSSR count). The number of ether oxygens (including phenoxy) is 1. The minimum absolute atomic E-state index is 0.0663. The van der Waals surface area contributed by atoms with Crippen molar-refractivity contribution in [1.82, 2.24) is 14.5 Å². The molecule has 1 aromatic carbocycles. The lowest BCUT2D eigenvalue weighted by Gasteiger charge is -2.09. The molecular formula is C20H18N4O3S. The van der Waals surface area contributed by atoms with Gasteiger partial charge in [0.25, 0.3) is 11.5 Å². The van der Waals surface area contributed by atoms with Crippen LogP contribution < -0.4 is 15.6 Å². The van der Waals surface area contributed by atoms with E-state index in [0.717, 1.165) is 21.4 Å². The summed E-state index contributed by atoms with van der Waals surface area (Å²) in [5.74, 6) is 0.270. The number of hydrogen-bond donors (Lipinski definition) is 1. The van der Waals surface area contributed by atoms with Crippen molar-refractivity contribution in [3.8, 4) is 5.75 Å². The molecule has 3 heterocycles. The average molecular weight is 394 g/mol. The Kier molecular flexibility index (Phi) is 4.79. The maximum atomic E-state index is 12.8. The largest absolute Gasteiger partial charge is 0.494 e. The van der Waals surface area contributed by atoms with Crippen molar-refractivity contribution < 1.29 is 9.53 Å². The highest BCUT2D eigenvalue weighted by atomic mass is 32.1. The van der Waals surface area contributed by atoms with Crippen LogP contribution in [0, 0.1) is 0 Å². The number of hydrogen-bond acceptors (Lipinski definition) is 6. The number of benzene rings is 1. The Balaban J connectivity index is 1.69. The third-order valence-electron chi connectivity index (χ3n) is 4.30. The molecule has 0 saturated heterocycles. The summed E-state index contributed by atoms with van der Waals surface area (Å²) in [6.45, 7) is 4.77. The van der Waals surface area contributed by atoms with Crippen LogP contribution in [0.3, 0.4) is 0 Å². The lowest BCUT2D eigenvalue weighted by molar-refractivity contribution is 0.102. The molecule has 3 aromatic heterocycles. The molecule has 4 aromatic rings. The highest BCUT2D eigenvalue weighted by Gasteiger charge is 2.17. The summed E-state index contributed by atoms with van der Waals surface area (Å²) in [7, 11) is 0. The van der Waals surface area contributed by atoms with E-state index in [4.69, 9.17) is 4.74 Å². The van der Waals surface area contributed by atoms with Gasteiger partial charge >= 0.3 is 0 Å². The van der Waals surface area contributed by atoms with Crippen molar-refractivity contribution in [1.29, 1.82) is 0 Å². The van der Waals surface area contributed by atoms with Crippen LogP contribution in [0.25, 0.3) is 21.3 Å². The van der Waals surface area contributed by atoms with Gasteiger partial charge in [0.1, 0.15) is 17.0 Å². The van der Waals surface area contributed by atoms with E-state index in [2.05, 4.69) is 15.3 Å². The molecule has 0 spiro atoms. The molecule has 0 radical (unpaired) electrons. The number of aromatic nitrogens is 3. The van der Waals surface area contributed by atoms with Crippen molar-refractivity contribution in [2.45, 2.75) is 20.4 Å². The molecule has 0 aliphatic heterocycles. The van der Waals surface area contributed by atoms with Crippen LogP contribution in [0.4, 0.5) is 5.13 Å². The van der Waals surface area contributed by atoms with Gasteiger partial charge in [0.2, 0.25) is 0 Å². The Morgan fingerprint density at radius 1 is 1.25 bits per heavy atom. The normalized spacial score (nSPS) is 11.1. The minimum atomic E-state index is -0.484. The summed E-state index contributed by atoms with van der Waals surface area (Å²) in [6, 6.07) is 10.8. The van der Waals surface area contributed by atoms with Crippen LogP contribution in [0.15, 0.2) is 47.4 Å². The molecule has 0 fully saturated rings. The zero-order valence-corrected chi connectivity index (χ0v) is 16.2. The van der Waals surface area contributed by atoms with Gasteiger partial charge in [0.05, 0.1) is 16.8 Å². The number of amides is 1. The molecule has 0 unspecified atom stereocenters. The average Bonchev–Trinajstić information content (AvgIpc) is 3.09. The lowest BCUT2D eigenvalue weighted by Crippen LogP contribution is -2.29. The van der Waals surface area contributed by atoms with E-state index < -0.39 is 5.91 Å². The summed E-state index contributed by atoms with van der Waals surface area (Å²) in [5.41, 5.74) is 1.02.